The summed E-state index contributed by atoms with van der Waals surface area (Å²) in [5.74, 6) is 0.131. The highest BCUT2D eigenvalue weighted by Crippen LogP contribution is 2.33. The van der Waals surface area contributed by atoms with Gasteiger partial charge in [-0.2, -0.15) is 9.82 Å². The third-order valence-electron chi connectivity index (χ3n) is 5.90. The lowest BCUT2D eigenvalue weighted by molar-refractivity contribution is 0.0495. The molecule has 3 aromatic carbocycles. The molecule has 1 N–H and O–H groups in total. The number of rotatable bonds is 8. The Morgan fingerprint density at radius 1 is 1.06 bits per heavy atom. The van der Waals surface area contributed by atoms with Crippen molar-refractivity contribution in [1.82, 2.24) is 24.1 Å². The van der Waals surface area contributed by atoms with Crippen molar-refractivity contribution < 1.29 is 17.5 Å². The van der Waals surface area contributed by atoms with Crippen LogP contribution >= 0.6 is 0 Å². The van der Waals surface area contributed by atoms with Crippen molar-refractivity contribution in [3.63, 3.8) is 0 Å². The van der Waals surface area contributed by atoms with E-state index in [9.17, 15) is 12.8 Å². The number of imidazole rings is 1. The van der Waals surface area contributed by atoms with Crippen molar-refractivity contribution in [1.29, 1.82) is 0 Å². The van der Waals surface area contributed by atoms with E-state index in [0.717, 1.165) is 16.6 Å². The van der Waals surface area contributed by atoms with Crippen LogP contribution < -0.4 is 9.46 Å². The van der Waals surface area contributed by atoms with Crippen LogP contribution in [0.2, 0.25) is 0 Å². The Morgan fingerprint density at radius 3 is 2.47 bits per heavy atom. The van der Waals surface area contributed by atoms with Crippen molar-refractivity contribution in [2.24, 2.45) is 7.05 Å². The van der Waals surface area contributed by atoms with Crippen LogP contribution in [0.15, 0.2) is 96.5 Å². The number of aryl methyl sites for hydroxylation is 1. The van der Waals surface area contributed by atoms with E-state index in [1.165, 1.54) is 24.7 Å². The second-order valence-corrected chi connectivity index (χ2v) is 10.0. The molecule has 0 unspecified atom stereocenters. The Kier molecular flexibility index (Phi) is 6.07. The molecule has 36 heavy (non-hydrogen) atoms. The van der Waals surface area contributed by atoms with Crippen molar-refractivity contribution >= 4 is 20.9 Å². The highest BCUT2D eigenvalue weighted by Gasteiger charge is 2.38. The van der Waals surface area contributed by atoms with Gasteiger partial charge in [-0.25, -0.2) is 22.5 Å². The maximum Gasteiger partial charge on any atom is 0.263 e. The molecule has 5 rings (SSSR count). The number of halogens is 1. The number of hydrogen-bond acceptors (Lipinski definition) is 5. The summed E-state index contributed by atoms with van der Waals surface area (Å²) in [7, 11) is -2.31. The predicted molar refractivity (Wildman–Crippen MR) is 134 cm³/mol. The van der Waals surface area contributed by atoms with Gasteiger partial charge in [0.1, 0.15) is 11.6 Å². The third kappa shape index (κ3) is 4.48. The Balaban J connectivity index is 1.54. The fourth-order valence-corrected chi connectivity index (χ4v) is 5.39. The summed E-state index contributed by atoms with van der Waals surface area (Å²) < 4.78 is 52.4. The predicted octanol–water partition coefficient (Wildman–Crippen LogP) is 4.52. The lowest BCUT2D eigenvalue weighted by Gasteiger charge is -2.34. The SMILES string of the molecule is CC[C@@](NS(=O)(=O)c1cn(C)cn1)(Oc1ccc2c(cnn2-c2ccc(F)cc2)c1)c1ccccc1. The molecule has 5 aromatic rings. The van der Waals surface area contributed by atoms with Crippen LogP contribution in [-0.2, 0) is 22.8 Å². The van der Waals surface area contributed by atoms with Crippen LogP contribution in [0.1, 0.15) is 18.9 Å². The number of nitrogens with one attached hydrogen (secondary N) is 1. The van der Waals surface area contributed by atoms with Gasteiger partial charge < -0.3 is 9.30 Å². The summed E-state index contributed by atoms with van der Waals surface area (Å²) in [5, 5.41) is 5.11. The summed E-state index contributed by atoms with van der Waals surface area (Å²) in [6.07, 6.45) is 4.84. The third-order valence-corrected chi connectivity index (χ3v) is 7.26. The molecule has 8 nitrogen and oxygen atoms in total. The van der Waals surface area contributed by atoms with Gasteiger partial charge in [-0.15, -0.1) is 0 Å². The van der Waals surface area contributed by atoms with Crippen molar-refractivity contribution in [3.8, 4) is 11.4 Å². The number of sulfonamides is 1. The second-order valence-electron chi connectivity index (χ2n) is 8.38. The van der Waals surface area contributed by atoms with Crippen LogP contribution in [0, 0.1) is 5.82 Å². The standard InChI is InChI=1S/C26H24FN5O3S/c1-3-26(20-7-5-4-6-8-20,30-36(33,34)25-17-31(2)18-28-25)35-23-13-14-24-19(15-23)16-29-32(24)22-11-9-21(27)10-12-22/h4-18,30H,3H2,1-2H3/t26-/m1/s1. The Hall–Kier alpha value is -4.02. The number of aromatic nitrogens is 4. The molecule has 0 aliphatic carbocycles. The van der Waals surface area contributed by atoms with Crippen LogP contribution in [-0.4, -0.2) is 27.7 Å². The first-order valence-electron chi connectivity index (χ1n) is 11.3. The quantitative estimate of drug-likeness (QED) is 0.313. The van der Waals surface area contributed by atoms with Gasteiger partial charge in [-0.3, -0.25) is 0 Å². The smallest absolute Gasteiger partial charge is 0.263 e. The average Bonchev–Trinajstić information content (AvgIpc) is 3.51. The van der Waals surface area contributed by atoms with Gasteiger partial charge in [0.05, 0.1) is 23.7 Å². The van der Waals surface area contributed by atoms with Crippen LogP contribution in [0.25, 0.3) is 16.6 Å². The van der Waals surface area contributed by atoms with Crippen molar-refractivity contribution in [2.75, 3.05) is 0 Å². The van der Waals surface area contributed by atoms with E-state index >= 15 is 0 Å². The lowest BCUT2D eigenvalue weighted by atomic mass is 10.0. The monoisotopic (exact) mass is 505 g/mol. The Labute approximate surface area is 208 Å². The van der Waals surface area contributed by atoms with Crippen molar-refractivity contribution in [2.45, 2.75) is 24.1 Å². The Bertz CT molecular complexity index is 1610. The molecule has 0 radical (unpaired) electrons. The first-order valence-corrected chi connectivity index (χ1v) is 12.8. The zero-order valence-corrected chi connectivity index (χ0v) is 20.5. The molecule has 0 aliphatic heterocycles. The maximum atomic E-state index is 13.4. The van der Waals surface area contributed by atoms with Gasteiger partial charge in [-0.05, 0) is 42.5 Å². The Morgan fingerprint density at radius 2 is 1.81 bits per heavy atom. The van der Waals surface area contributed by atoms with Gasteiger partial charge in [0.25, 0.3) is 10.0 Å². The van der Waals surface area contributed by atoms with E-state index in [0.29, 0.717) is 17.7 Å². The number of nitrogens with zero attached hydrogens (tertiary/aromatic N) is 4. The second kappa shape index (κ2) is 9.21. The fourth-order valence-electron chi connectivity index (χ4n) is 4.06. The molecule has 0 aliphatic rings. The van der Waals surface area contributed by atoms with E-state index in [1.54, 1.807) is 46.8 Å². The summed E-state index contributed by atoms with van der Waals surface area (Å²) in [5.41, 5.74) is 0.771. The normalized spacial score (nSPS) is 13.5. The zero-order chi connectivity index (χ0) is 25.3. The van der Waals surface area contributed by atoms with E-state index < -0.39 is 15.7 Å². The number of ether oxygens (including phenoxy) is 1. The van der Waals surface area contributed by atoms with Gasteiger partial charge in [0.15, 0.2) is 10.8 Å². The van der Waals surface area contributed by atoms with E-state index in [-0.39, 0.29) is 10.8 Å². The van der Waals surface area contributed by atoms with Crippen LogP contribution in [0.5, 0.6) is 5.75 Å². The first-order chi connectivity index (χ1) is 17.3. The molecule has 1 atom stereocenters. The molecule has 0 saturated carbocycles. The molecule has 0 amide bonds. The zero-order valence-electron chi connectivity index (χ0n) is 19.7. The molecule has 2 heterocycles. The van der Waals surface area contributed by atoms with Gasteiger partial charge in [-0.1, -0.05) is 37.3 Å². The molecule has 10 heteroatoms. The van der Waals surface area contributed by atoms with Gasteiger partial charge >= 0.3 is 0 Å². The van der Waals surface area contributed by atoms with E-state index in [1.807, 2.05) is 43.3 Å². The molecular formula is C26H24FN5O3S. The van der Waals surface area contributed by atoms with E-state index in [2.05, 4.69) is 14.8 Å². The van der Waals surface area contributed by atoms with Crippen LogP contribution in [0.3, 0.4) is 0 Å². The van der Waals surface area contributed by atoms with Gasteiger partial charge in [0.2, 0.25) is 0 Å². The lowest BCUT2D eigenvalue weighted by Crippen LogP contribution is -2.50. The minimum Gasteiger partial charge on any atom is -0.468 e. The molecule has 2 aromatic heterocycles. The molecular weight excluding hydrogens is 481 g/mol. The summed E-state index contributed by atoms with van der Waals surface area (Å²) in [4.78, 5) is 4.01. The molecule has 184 valence electrons. The first kappa shape index (κ1) is 23.7. The molecule has 0 bridgehead atoms. The topological polar surface area (TPSA) is 91.0 Å². The minimum atomic E-state index is -4.01. The maximum absolute atomic E-state index is 13.4. The molecule has 0 saturated heterocycles. The molecule has 0 fully saturated rings. The van der Waals surface area contributed by atoms with Gasteiger partial charge in [0, 0.05) is 30.6 Å². The van der Waals surface area contributed by atoms with Crippen molar-refractivity contribution in [3.05, 3.63) is 103 Å². The number of benzene rings is 3. The van der Waals surface area contributed by atoms with E-state index in [4.69, 9.17) is 4.74 Å². The average molecular weight is 506 g/mol. The largest absolute Gasteiger partial charge is 0.468 e. The summed E-state index contributed by atoms with van der Waals surface area (Å²) >= 11 is 0. The summed E-state index contributed by atoms with van der Waals surface area (Å²) in [6, 6.07) is 20.6. The highest BCUT2D eigenvalue weighted by molar-refractivity contribution is 7.89. The number of fused-ring (bicyclic) bond motifs is 1. The highest BCUT2D eigenvalue weighted by atomic mass is 32.2. The summed E-state index contributed by atoms with van der Waals surface area (Å²) in [6.45, 7) is 1.85. The minimum absolute atomic E-state index is 0.0987. The number of hydrogen-bond donors (Lipinski definition) is 1. The molecule has 0 spiro atoms. The fraction of sp³-hybridized carbons (Fsp3) is 0.154. The van der Waals surface area contributed by atoms with Crippen LogP contribution in [0.4, 0.5) is 4.39 Å².